The van der Waals surface area contributed by atoms with Crippen molar-refractivity contribution in [1.82, 2.24) is 0 Å². The van der Waals surface area contributed by atoms with Gasteiger partial charge in [0, 0.05) is 6.07 Å². The van der Waals surface area contributed by atoms with E-state index in [1.807, 2.05) is 0 Å². The first kappa shape index (κ1) is 17.8. The lowest BCUT2D eigenvalue weighted by Gasteiger charge is -2.32. The molecule has 0 unspecified atom stereocenters. The fraction of sp³-hybridized carbons (Fsp3) is 0.0667. The van der Waals surface area contributed by atoms with Gasteiger partial charge in [0.2, 0.25) is 0 Å². The van der Waals surface area contributed by atoms with Crippen molar-refractivity contribution in [2.45, 2.75) is 10.2 Å². The molecule has 0 saturated carbocycles. The van der Waals surface area contributed by atoms with Gasteiger partial charge in [-0.2, -0.15) is 14.0 Å². The number of Topliss-reactive ketones (excluding diaryl/α,β-unsaturated/α-hetero) is 1. The molecule has 10 heteroatoms. The third-order valence-corrected chi connectivity index (χ3v) is 6.09. The lowest BCUT2D eigenvalue weighted by Crippen LogP contribution is -2.27. The number of hydrogen-bond donors (Lipinski definition) is 2. The average molecular weight is 434 g/mol. The van der Waals surface area contributed by atoms with Gasteiger partial charge in [-0.15, -0.1) is 0 Å². The number of nitriles is 1. The van der Waals surface area contributed by atoms with Crippen LogP contribution in [0.3, 0.4) is 0 Å². The van der Waals surface area contributed by atoms with Crippen LogP contribution in [-0.4, -0.2) is 20.1 Å². The molecule has 0 saturated heterocycles. The Kier molecular flexibility index (Phi) is 4.08. The summed E-state index contributed by atoms with van der Waals surface area (Å²) < 4.78 is 65.6. The molecule has 2 N–H and O–H groups in total. The van der Waals surface area contributed by atoms with E-state index in [1.165, 1.54) is 6.07 Å². The van der Waals surface area contributed by atoms with Gasteiger partial charge in [-0.05, 0) is 40.2 Å². The van der Waals surface area contributed by atoms with Gasteiger partial charge in [-0.1, -0.05) is 10.6 Å². The molecule has 130 valence electrons. The second-order valence-electron chi connectivity index (χ2n) is 5.04. The van der Waals surface area contributed by atoms with Gasteiger partial charge in [0.25, 0.3) is 5.78 Å². The molecule has 2 aromatic carbocycles. The van der Waals surface area contributed by atoms with E-state index >= 15 is 0 Å². The third-order valence-electron chi connectivity index (χ3n) is 3.45. The molecule has 0 aliphatic carbocycles. The summed E-state index contributed by atoms with van der Waals surface area (Å²) in [5, 5.41) is 4.48. The van der Waals surface area contributed by atoms with Crippen LogP contribution in [0.1, 0.15) is 15.9 Å². The Morgan fingerprint density at radius 1 is 1.24 bits per heavy atom. The van der Waals surface area contributed by atoms with Crippen molar-refractivity contribution in [3.05, 3.63) is 51.7 Å². The van der Waals surface area contributed by atoms with Gasteiger partial charge in [0.1, 0.15) is 17.3 Å². The van der Waals surface area contributed by atoms with Gasteiger partial charge in [-0.25, -0.2) is 4.39 Å². The summed E-state index contributed by atoms with van der Waals surface area (Å²) in [6.07, 6.45) is 0. The summed E-state index contributed by atoms with van der Waals surface area (Å²) in [7, 11) is -4.63. The van der Waals surface area contributed by atoms with Crippen molar-refractivity contribution >= 4 is 32.3 Å². The Morgan fingerprint density at radius 2 is 1.92 bits per heavy atom. The number of carbonyl (C=O) groups excluding carboxylic acids is 1. The number of ketones is 1. The van der Waals surface area contributed by atoms with Gasteiger partial charge >= 0.3 is 5.25 Å². The number of rotatable bonds is 2. The van der Waals surface area contributed by atoms with Gasteiger partial charge in [0.05, 0.1) is 26.6 Å². The highest BCUT2D eigenvalue weighted by atomic mass is 79.9. The van der Waals surface area contributed by atoms with Crippen LogP contribution in [0.5, 0.6) is 11.5 Å². The summed E-state index contributed by atoms with van der Waals surface area (Å²) in [6, 6.07) is 6.95. The minimum absolute atomic E-state index is 0.0240. The maximum absolute atomic E-state index is 13.8. The smallest absolute Gasteiger partial charge is 0.405 e. The normalized spacial score (nSPS) is 18.4. The molecular formula is C15H7BrF3NO4S. The first-order valence-electron chi connectivity index (χ1n) is 6.51. The predicted molar refractivity (Wildman–Crippen MR) is 85.7 cm³/mol. The van der Waals surface area contributed by atoms with E-state index in [1.54, 1.807) is 6.07 Å². The zero-order valence-corrected chi connectivity index (χ0v) is 14.4. The first-order chi connectivity index (χ1) is 11.6. The van der Waals surface area contributed by atoms with Crippen LogP contribution < -0.4 is 4.74 Å². The number of fused-ring (bicyclic) bond motifs is 1. The monoisotopic (exact) mass is 433 g/mol. The highest BCUT2D eigenvalue weighted by molar-refractivity contribution is 9.10. The van der Waals surface area contributed by atoms with E-state index in [4.69, 9.17) is 10.00 Å². The van der Waals surface area contributed by atoms with E-state index in [2.05, 4.69) is 15.9 Å². The third kappa shape index (κ3) is 2.60. The van der Waals surface area contributed by atoms with Crippen LogP contribution in [0.25, 0.3) is 0 Å². The van der Waals surface area contributed by atoms with Crippen molar-refractivity contribution in [2.24, 2.45) is 0 Å². The summed E-state index contributed by atoms with van der Waals surface area (Å²) in [4.78, 5) is 11.3. The van der Waals surface area contributed by atoms with Crippen LogP contribution in [0.4, 0.5) is 13.2 Å². The van der Waals surface area contributed by atoms with E-state index in [-0.39, 0.29) is 21.5 Å². The topological polar surface area (TPSA) is 90.5 Å². The fourth-order valence-corrected chi connectivity index (χ4v) is 4.40. The van der Waals surface area contributed by atoms with Gasteiger partial charge in [-0.3, -0.25) is 13.9 Å². The second kappa shape index (κ2) is 5.74. The molecule has 0 atom stereocenters. The largest absolute Gasteiger partial charge is 0.456 e. The Labute approximate surface area is 149 Å². The number of hydrogen-bond acceptors (Lipinski definition) is 5. The summed E-state index contributed by atoms with van der Waals surface area (Å²) >= 11 is 2.94. The second-order valence-corrected chi connectivity index (χ2v) is 7.88. The summed E-state index contributed by atoms with van der Waals surface area (Å²) in [6.45, 7) is 0. The number of halogens is 4. The standard InChI is InChI=1S/C15H7BrF3NO4S/c16-13-10(24-9-4-7(6-20)3-8(17)5-9)1-2-11-12(13)14(21)15(18,19)25(11,22)23/h1-5,22-23H. The zero-order chi connectivity index (χ0) is 18.6. The Bertz CT molecular complexity index is 959. The van der Waals surface area contributed by atoms with E-state index in [0.717, 1.165) is 24.3 Å². The Balaban J connectivity index is 2.09. The van der Waals surface area contributed by atoms with E-state index in [9.17, 15) is 27.1 Å². The molecule has 0 radical (unpaired) electrons. The number of benzene rings is 2. The van der Waals surface area contributed by atoms with E-state index < -0.39 is 37.9 Å². The molecule has 0 fully saturated rings. The number of alkyl halides is 2. The molecule has 1 aliphatic rings. The molecule has 1 aliphatic heterocycles. The number of carbonyl (C=O) groups is 1. The van der Waals surface area contributed by atoms with Crippen molar-refractivity contribution in [3.63, 3.8) is 0 Å². The lowest BCUT2D eigenvalue weighted by molar-refractivity contribution is 0.0512. The van der Waals surface area contributed by atoms with Gasteiger partial charge in [0.15, 0.2) is 0 Å². The predicted octanol–water partition coefficient (Wildman–Crippen LogP) is 5.15. The fourth-order valence-electron chi connectivity index (χ4n) is 2.29. The Hall–Kier alpha value is -2.06. The van der Waals surface area contributed by atoms with Crippen LogP contribution in [0.2, 0.25) is 0 Å². The molecule has 25 heavy (non-hydrogen) atoms. The average Bonchev–Trinajstić information content (AvgIpc) is 2.67. The van der Waals surface area contributed by atoms with Crippen molar-refractivity contribution in [1.29, 1.82) is 5.26 Å². The molecule has 0 amide bonds. The highest BCUT2D eigenvalue weighted by Gasteiger charge is 2.61. The zero-order valence-electron chi connectivity index (χ0n) is 12.0. The van der Waals surface area contributed by atoms with E-state index in [0.29, 0.717) is 0 Å². The minimum Gasteiger partial charge on any atom is -0.456 e. The molecule has 2 aromatic rings. The maximum atomic E-state index is 13.8. The van der Waals surface area contributed by atoms with Gasteiger partial charge < -0.3 is 4.74 Å². The Morgan fingerprint density at radius 3 is 2.56 bits per heavy atom. The van der Waals surface area contributed by atoms with Crippen LogP contribution >= 0.6 is 26.5 Å². The number of nitrogens with zero attached hydrogens (tertiary/aromatic N) is 1. The first-order valence-corrected chi connectivity index (χ1v) is 8.85. The molecular weight excluding hydrogens is 427 g/mol. The minimum atomic E-state index is -4.63. The lowest BCUT2D eigenvalue weighted by atomic mass is 10.1. The molecule has 0 spiro atoms. The van der Waals surface area contributed by atoms with Crippen LogP contribution in [0.15, 0.2) is 39.7 Å². The maximum Gasteiger partial charge on any atom is 0.405 e. The summed E-state index contributed by atoms with van der Waals surface area (Å²) in [5.74, 6) is -2.73. The number of ether oxygens (including phenoxy) is 1. The molecule has 0 aromatic heterocycles. The van der Waals surface area contributed by atoms with Crippen LogP contribution in [0, 0.1) is 17.1 Å². The quantitative estimate of drug-likeness (QED) is 0.683. The molecule has 5 nitrogen and oxygen atoms in total. The highest BCUT2D eigenvalue weighted by Crippen LogP contribution is 2.68. The SMILES string of the molecule is N#Cc1cc(F)cc(Oc2ccc3c(c2Br)C(=O)C(F)(F)S3(O)O)c1. The van der Waals surface area contributed by atoms with Crippen molar-refractivity contribution in [2.75, 3.05) is 0 Å². The van der Waals surface area contributed by atoms with Crippen molar-refractivity contribution < 1.29 is 31.8 Å². The molecule has 1 heterocycles. The van der Waals surface area contributed by atoms with Crippen LogP contribution in [-0.2, 0) is 0 Å². The molecule has 0 bridgehead atoms. The summed E-state index contributed by atoms with van der Waals surface area (Å²) in [5.41, 5.74) is -0.636. The van der Waals surface area contributed by atoms with Crippen molar-refractivity contribution in [3.8, 4) is 17.6 Å². The molecule has 3 rings (SSSR count).